The predicted molar refractivity (Wildman–Crippen MR) is 223 cm³/mol. The number of nitrogens with one attached hydrogen (secondary N) is 1. The Kier molecular flexibility index (Phi) is 15.5. The highest BCUT2D eigenvalue weighted by Crippen LogP contribution is 2.55. The molecule has 1 aromatic rings. The van der Waals surface area contributed by atoms with Crippen molar-refractivity contribution in [3.8, 4) is 5.75 Å². The summed E-state index contributed by atoms with van der Waals surface area (Å²) >= 11 is 6.79. The molecule has 3 amide bonds. The van der Waals surface area contributed by atoms with Gasteiger partial charge in [0, 0.05) is 56.5 Å². The number of epoxide rings is 1. The fraction of sp³-hybridized carbons (Fsp3) is 0.650. The van der Waals surface area contributed by atoms with Crippen LogP contribution in [-0.2, 0) is 39.8 Å². The Morgan fingerprint density at radius 1 is 1.25 bits per heavy atom. The molecule has 4 rings (SSSR count). The molecule has 2 unspecified atom stereocenters. The van der Waals surface area contributed by atoms with Crippen LogP contribution in [0.1, 0.15) is 72.8 Å². The van der Waals surface area contributed by atoms with E-state index in [9.17, 15) is 24.3 Å². The highest BCUT2D eigenvalue weighted by Gasteiger charge is 2.69. The Morgan fingerprint density at radius 3 is 2.60 bits per heavy atom. The maximum atomic E-state index is 14.3. The monoisotopic (exact) mass is 854 g/mol. The predicted octanol–water partition coefficient (Wildman–Crippen LogP) is 5.42. The number of allylic oxidation sites excluding steroid dienone is 3. The van der Waals surface area contributed by atoms with E-state index >= 15 is 0 Å². The summed E-state index contributed by atoms with van der Waals surface area (Å²) in [7, 11) is 9.37. The third kappa shape index (κ3) is 11.2. The van der Waals surface area contributed by atoms with Gasteiger partial charge in [0.2, 0.25) is 11.8 Å². The van der Waals surface area contributed by atoms with Crippen molar-refractivity contribution < 1.29 is 48.0 Å². The van der Waals surface area contributed by atoms with Crippen LogP contribution in [0.15, 0.2) is 35.9 Å². The summed E-state index contributed by atoms with van der Waals surface area (Å²) < 4.78 is 29.2. The maximum absolute atomic E-state index is 14.3. The van der Waals surface area contributed by atoms with Gasteiger partial charge in [-0.2, -0.15) is 0 Å². The molecule has 318 valence electrons. The summed E-state index contributed by atoms with van der Waals surface area (Å²) in [4.78, 5) is 57.3. The molecule has 7 atom stereocenters. The molecule has 4 bridgehead atoms. The summed E-state index contributed by atoms with van der Waals surface area (Å²) in [6.07, 6.45) is 2.24. The van der Waals surface area contributed by atoms with Crippen LogP contribution < -0.4 is 20.7 Å². The number of alkyl carbamates (subject to hydrolysis) is 1. The minimum atomic E-state index is -1.94. The van der Waals surface area contributed by atoms with Gasteiger partial charge in [0.25, 0.3) is 0 Å². The fourth-order valence-electron chi connectivity index (χ4n) is 7.34. The number of benzene rings is 1. The first kappa shape index (κ1) is 46.7. The van der Waals surface area contributed by atoms with Crippen molar-refractivity contribution in [3.05, 3.63) is 46.5 Å². The number of aliphatic hydroxyl groups is 1. The molecule has 2 saturated heterocycles. The van der Waals surface area contributed by atoms with Gasteiger partial charge in [0.05, 0.1) is 25.3 Å². The molecular formula is C40H59ClN4O10S2. The van der Waals surface area contributed by atoms with Gasteiger partial charge in [-0.1, -0.05) is 63.9 Å². The number of hydrogen-bond acceptors (Lipinski definition) is 13. The smallest absolute Gasteiger partial charge is 0.409 e. The lowest BCUT2D eigenvalue weighted by Crippen LogP contribution is -2.58. The minimum absolute atomic E-state index is 0.0843. The molecule has 0 spiro atoms. The second kappa shape index (κ2) is 18.9. The number of rotatable bonds is 12. The molecule has 2 fully saturated rings. The molecule has 57 heavy (non-hydrogen) atoms. The van der Waals surface area contributed by atoms with Crippen molar-refractivity contribution in [2.45, 2.75) is 114 Å². The highest BCUT2D eigenvalue weighted by molar-refractivity contribution is 8.77. The van der Waals surface area contributed by atoms with Crippen LogP contribution in [0.5, 0.6) is 5.75 Å². The molecule has 14 nitrogen and oxygen atoms in total. The number of nitrogens with zero attached hydrogens (tertiary/aromatic N) is 2. The summed E-state index contributed by atoms with van der Waals surface area (Å²) in [5.74, 6) is -0.250. The zero-order chi connectivity index (χ0) is 42.5. The second-order valence-electron chi connectivity index (χ2n) is 16.2. The van der Waals surface area contributed by atoms with Crippen molar-refractivity contribution in [2.75, 3.05) is 52.1 Å². The van der Waals surface area contributed by atoms with Crippen LogP contribution in [0.2, 0.25) is 5.02 Å². The van der Waals surface area contributed by atoms with Gasteiger partial charge in [-0.15, -0.1) is 0 Å². The quantitative estimate of drug-likeness (QED) is 0.105. The average Bonchev–Trinajstić information content (AvgIpc) is 3.88. The largest absolute Gasteiger partial charge is 0.495 e. The Hall–Kier alpha value is -2.99. The van der Waals surface area contributed by atoms with Gasteiger partial charge < -0.3 is 44.3 Å². The molecule has 3 aliphatic heterocycles. The molecule has 3 aliphatic rings. The minimum Gasteiger partial charge on any atom is -0.495 e. The average molecular weight is 856 g/mol. The summed E-state index contributed by atoms with van der Waals surface area (Å²) in [6, 6.07) is 2.58. The summed E-state index contributed by atoms with van der Waals surface area (Å²) in [6.45, 7) is 11.5. The molecule has 1 aromatic carbocycles. The number of anilines is 1. The van der Waals surface area contributed by atoms with Gasteiger partial charge in [-0.3, -0.25) is 14.9 Å². The number of fused-ring (bicyclic) bond motifs is 6. The van der Waals surface area contributed by atoms with E-state index in [1.54, 1.807) is 80.7 Å². The molecule has 0 saturated carbocycles. The van der Waals surface area contributed by atoms with E-state index in [1.807, 2.05) is 13.0 Å². The fourth-order valence-corrected chi connectivity index (χ4v) is 10.1. The van der Waals surface area contributed by atoms with Crippen LogP contribution >= 0.6 is 33.2 Å². The number of carbonyl (C=O) groups is 4. The standard InChI is InChI=1S/C40H59ClN4O10S2/c1-24-12-11-13-29(52-10)40(50)22-38(5,23-53-36(49)43-40)35-39(6,55-35)30(21-32(47)45(8)27-19-26(18-24)20-28(51-9)33(27)41)54-34(48)25(2)44(7)31(46)14-15-37(3,4)57-56-17-16-42/h11-13,19-20,25,29-30,35,50H,14-18,21-23,42H2,1-10H3,(H,43,49)/b13-11+,24-12+/t25-,29+,30-,35?,38?,39-,40-/m0/s1. The summed E-state index contributed by atoms with van der Waals surface area (Å²) in [5, 5.41) is 14.9. The van der Waals surface area contributed by atoms with E-state index in [0.29, 0.717) is 30.8 Å². The van der Waals surface area contributed by atoms with Crippen LogP contribution in [-0.4, -0.2) is 122 Å². The highest BCUT2D eigenvalue weighted by atomic mass is 35.5. The Morgan fingerprint density at radius 2 is 1.95 bits per heavy atom. The molecule has 3 heterocycles. The number of methoxy groups -OCH3 is 2. The third-order valence-electron chi connectivity index (χ3n) is 10.9. The van der Waals surface area contributed by atoms with E-state index in [1.165, 1.54) is 24.0 Å². The number of nitrogens with two attached hydrogens (primary N) is 1. The van der Waals surface area contributed by atoms with E-state index in [4.69, 9.17) is 41.0 Å². The first-order valence-electron chi connectivity index (χ1n) is 18.9. The van der Waals surface area contributed by atoms with E-state index in [-0.39, 0.29) is 41.5 Å². The Balaban J connectivity index is 1.72. The number of cyclic esters (lactones) is 1. The van der Waals surface area contributed by atoms with Gasteiger partial charge in [-0.25, -0.2) is 9.59 Å². The summed E-state index contributed by atoms with van der Waals surface area (Å²) in [5.41, 5.74) is 3.44. The van der Waals surface area contributed by atoms with Crippen LogP contribution in [0.3, 0.4) is 0 Å². The maximum Gasteiger partial charge on any atom is 0.409 e. The SMILES string of the molecule is COc1cc2cc(c1Cl)N(C)C(=O)C[C@H](OC(=O)[C@H](C)N(C)C(=O)CCC(C)(C)SSCCN)[C@]1(C)OC1C1(C)COC(=O)N[C@](O)(C1)[C@H](OC)/C=C/C=C(\C)C2. The first-order chi connectivity index (χ1) is 26.6. The van der Waals surface area contributed by atoms with Gasteiger partial charge >= 0.3 is 12.1 Å². The zero-order valence-electron chi connectivity index (χ0n) is 34.6. The second-order valence-corrected chi connectivity index (χ2v) is 19.7. The lowest BCUT2D eigenvalue weighted by atomic mass is 9.73. The number of carbonyl (C=O) groups excluding carboxylic acids is 4. The van der Waals surface area contributed by atoms with Crippen molar-refractivity contribution in [2.24, 2.45) is 11.1 Å². The number of likely N-dealkylation sites (N-methyl/N-ethyl adjacent to an activating group) is 1. The normalized spacial score (nSPS) is 30.2. The third-order valence-corrected chi connectivity index (χ3v) is 14.7. The van der Waals surface area contributed by atoms with E-state index in [0.717, 1.165) is 16.9 Å². The van der Waals surface area contributed by atoms with Crippen molar-refractivity contribution in [3.63, 3.8) is 0 Å². The lowest BCUT2D eigenvalue weighted by molar-refractivity contribution is -0.162. The topological polar surface area (TPSA) is 182 Å². The first-order valence-corrected chi connectivity index (χ1v) is 21.6. The molecule has 0 aliphatic carbocycles. The molecule has 17 heteroatoms. The molecule has 4 N–H and O–H groups in total. The Labute approximate surface area is 349 Å². The van der Waals surface area contributed by atoms with Crippen molar-refractivity contribution in [1.29, 1.82) is 0 Å². The van der Waals surface area contributed by atoms with Crippen LogP contribution in [0.4, 0.5) is 10.5 Å². The van der Waals surface area contributed by atoms with Gasteiger partial charge in [-0.05, 0) is 65.2 Å². The molecular weight excluding hydrogens is 796 g/mol. The number of ether oxygens (including phenoxy) is 5. The molecule has 0 radical (unpaired) electrons. The van der Waals surface area contributed by atoms with E-state index in [2.05, 4.69) is 19.2 Å². The Bertz CT molecular complexity index is 1730. The van der Waals surface area contributed by atoms with Gasteiger partial charge in [0.1, 0.15) is 41.2 Å². The van der Waals surface area contributed by atoms with Crippen molar-refractivity contribution in [1.82, 2.24) is 10.2 Å². The van der Waals surface area contributed by atoms with Gasteiger partial charge in [0.15, 0.2) is 5.72 Å². The zero-order valence-corrected chi connectivity index (χ0v) is 37.0. The molecule has 0 aromatic heterocycles. The van der Waals surface area contributed by atoms with Crippen LogP contribution in [0, 0.1) is 5.41 Å². The number of amides is 3. The van der Waals surface area contributed by atoms with E-state index < -0.39 is 59.1 Å². The number of esters is 1. The van der Waals surface area contributed by atoms with Crippen LogP contribution in [0.25, 0.3) is 0 Å². The number of halogens is 1. The lowest BCUT2D eigenvalue weighted by Gasteiger charge is -2.38. The number of hydrogen-bond donors (Lipinski definition) is 3. The van der Waals surface area contributed by atoms with Crippen molar-refractivity contribution >= 4 is 62.8 Å².